The lowest BCUT2D eigenvalue weighted by atomic mass is 10.1. The van der Waals surface area contributed by atoms with Crippen molar-refractivity contribution in [2.45, 2.75) is 25.7 Å². The number of carbonyl (C=O) groups excluding carboxylic acids is 3. The van der Waals surface area contributed by atoms with Gasteiger partial charge in [-0.15, -0.1) is 0 Å². The van der Waals surface area contributed by atoms with E-state index >= 15 is 0 Å². The maximum absolute atomic E-state index is 12.5. The summed E-state index contributed by atoms with van der Waals surface area (Å²) in [4.78, 5) is 38.2. The molecule has 1 N–H and O–H groups in total. The summed E-state index contributed by atoms with van der Waals surface area (Å²) in [6.45, 7) is 0.492. The van der Waals surface area contributed by atoms with Gasteiger partial charge >= 0.3 is 0 Å². The molecular formula is C19H22N2O4S. The molecule has 1 aliphatic carbocycles. The first kappa shape index (κ1) is 18.5. The molecule has 1 aliphatic heterocycles. The van der Waals surface area contributed by atoms with Crippen LogP contribution >= 0.6 is 11.8 Å². The first-order valence-electron chi connectivity index (χ1n) is 8.75. The average molecular weight is 374 g/mol. The summed E-state index contributed by atoms with van der Waals surface area (Å²) in [5, 5.41) is 2.54. The molecule has 0 bridgehead atoms. The lowest BCUT2D eigenvalue weighted by Crippen LogP contribution is -2.39. The third-order valence-corrected chi connectivity index (χ3v) is 5.56. The molecule has 1 aromatic rings. The number of ether oxygens (including phenoxy) is 1. The van der Waals surface area contributed by atoms with Crippen molar-refractivity contribution in [2.24, 2.45) is 5.92 Å². The summed E-state index contributed by atoms with van der Waals surface area (Å²) in [5.74, 6) is 0.530. The molecular weight excluding hydrogens is 352 g/mol. The Balaban J connectivity index is 1.55. The highest BCUT2D eigenvalue weighted by Gasteiger charge is 2.34. The van der Waals surface area contributed by atoms with Crippen LogP contribution < -0.4 is 10.1 Å². The van der Waals surface area contributed by atoms with Gasteiger partial charge in [0, 0.05) is 19.0 Å². The molecule has 1 heterocycles. The van der Waals surface area contributed by atoms with Crippen molar-refractivity contribution in [3.8, 4) is 5.75 Å². The van der Waals surface area contributed by atoms with Gasteiger partial charge in [-0.1, -0.05) is 25.0 Å². The Kier molecular flexibility index (Phi) is 5.98. The maximum Gasteiger partial charge on any atom is 0.293 e. The van der Waals surface area contributed by atoms with Crippen molar-refractivity contribution in [3.05, 3.63) is 34.7 Å². The predicted molar refractivity (Wildman–Crippen MR) is 101 cm³/mol. The fourth-order valence-corrected chi connectivity index (χ4v) is 4.03. The minimum Gasteiger partial charge on any atom is -0.497 e. The topological polar surface area (TPSA) is 75.7 Å². The van der Waals surface area contributed by atoms with Crippen molar-refractivity contribution >= 4 is 34.9 Å². The summed E-state index contributed by atoms with van der Waals surface area (Å²) in [7, 11) is 1.59. The molecule has 6 nitrogen and oxygen atoms in total. The van der Waals surface area contributed by atoms with Gasteiger partial charge in [-0.05, 0) is 48.4 Å². The fourth-order valence-electron chi connectivity index (χ4n) is 3.17. The summed E-state index contributed by atoms with van der Waals surface area (Å²) in [6.07, 6.45) is 5.74. The lowest BCUT2D eigenvalue weighted by Gasteiger charge is -2.14. The normalized spacial score (nSPS) is 19.4. The number of hydrogen-bond acceptors (Lipinski definition) is 5. The Bertz CT molecular complexity index is 724. The number of benzene rings is 1. The highest BCUT2D eigenvalue weighted by molar-refractivity contribution is 8.18. The van der Waals surface area contributed by atoms with Crippen LogP contribution in [0.5, 0.6) is 5.75 Å². The zero-order valence-corrected chi connectivity index (χ0v) is 15.5. The number of rotatable bonds is 6. The molecule has 2 aliphatic rings. The van der Waals surface area contributed by atoms with Gasteiger partial charge in [-0.25, -0.2) is 0 Å². The molecule has 2 fully saturated rings. The van der Waals surface area contributed by atoms with Crippen LogP contribution in [-0.4, -0.2) is 42.2 Å². The molecule has 3 amide bonds. The van der Waals surface area contributed by atoms with Crippen LogP contribution in [0, 0.1) is 5.92 Å². The quantitative estimate of drug-likeness (QED) is 0.775. The Hall–Kier alpha value is -2.28. The van der Waals surface area contributed by atoms with E-state index in [-0.39, 0.29) is 29.5 Å². The number of thioether (sulfide) groups is 1. The van der Waals surface area contributed by atoms with Crippen molar-refractivity contribution in [1.82, 2.24) is 10.2 Å². The molecule has 0 atom stereocenters. The number of imide groups is 1. The number of amides is 3. The van der Waals surface area contributed by atoms with E-state index in [1.165, 1.54) is 4.90 Å². The van der Waals surface area contributed by atoms with Gasteiger partial charge in [-0.3, -0.25) is 19.3 Å². The first-order valence-corrected chi connectivity index (χ1v) is 9.57. The molecule has 0 unspecified atom stereocenters. The Morgan fingerprint density at radius 1 is 1.27 bits per heavy atom. The van der Waals surface area contributed by atoms with Crippen LogP contribution in [0.4, 0.5) is 4.79 Å². The minimum atomic E-state index is -0.314. The number of methoxy groups -OCH3 is 1. The van der Waals surface area contributed by atoms with Crippen molar-refractivity contribution in [2.75, 3.05) is 20.2 Å². The SMILES string of the molecule is COc1ccc(/C=C2\SC(=O)N(CCNC(=O)C3CCCC3)C2=O)cc1. The van der Waals surface area contributed by atoms with E-state index in [0.29, 0.717) is 11.4 Å². The fraction of sp³-hybridized carbons (Fsp3) is 0.421. The molecule has 0 radical (unpaired) electrons. The summed E-state index contributed by atoms with van der Waals surface area (Å²) in [5.41, 5.74) is 0.825. The minimum absolute atomic E-state index is 0.0308. The standard InChI is InChI=1S/C19H22N2O4S/c1-25-15-8-6-13(7-9-15)12-16-18(23)21(19(24)26-16)11-10-20-17(22)14-4-2-3-5-14/h6-9,12,14H,2-5,10-11H2,1H3,(H,20,22)/b16-12-. The zero-order valence-electron chi connectivity index (χ0n) is 14.7. The second kappa shape index (κ2) is 8.40. The van der Waals surface area contributed by atoms with Crippen molar-refractivity contribution in [3.63, 3.8) is 0 Å². The Morgan fingerprint density at radius 2 is 1.96 bits per heavy atom. The molecule has 7 heteroatoms. The highest BCUT2D eigenvalue weighted by atomic mass is 32.2. The van der Waals surface area contributed by atoms with E-state index in [4.69, 9.17) is 4.74 Å². The molecule has 1 saturated heterocycles. The molecule has 26 heavy (non-hydrogen) atoms. The average Bonchev–Trinajstić information content (AvgIpc) is 3.27. The van der Waals surface area contributed by atoms with Gasteiger partial charge in [-0.2, -0.15) is 0 Å². The largest absolute Gasteiger partial charge is 0.497 e. The molecule has 3 rings (SSSR count). The van der Waals surface area contributed by atoms with Gasteiger partial charge in [0.2, 0.25) is 5.91 Å². The summed E-state index contributed by atoms with van der Waals surface area (Å²) in [6, 6.07) is 7.26. The number of nitrogens with one attached hydrogen (secondary N) is 1. The van der Waals surface area contributed by atoms with E-state index < -0.39 is 0 Å². The van der Waals surface area contributed by atoms with Gasteiger partial charge in [0.15, 0.2) is 0 Å². The number of carbonyl (C=O) groups is 3. The third-order valence-electron chi connectivity index (χ3n) is 4.65. The summed E-state index contributed by atoms with van der Waals surface area (Å²) < 4.78 is 5.11. The zero-order chi connectivity index (χ0) is 18.5. The molecule has 0 spiro atoms. The van der Waals surface area contributed by atoms with Crippen LogP contribution in [0.15, 0.2) is 29.2 Å². The molecule has 1 saturated carbocycles. The van der Waals surface area contributed by atoms with Gasteiger partial charge in [0.1, 0.15) is 5.75 Å². The Morgan fingerprint density at radius 3 is 2.62 bits per heavy atom. The van der Waals surface area contributed by atoms with Crippen LogP contribution in [0.3, 0.4) is 0 Å². The smallest absolute Gasteiger partial charge is 0.293 e. The van der Waals surface area contributed by atoms with Gasteiger partial charge in [0.25, 0.3) is 11.1 Å². The van der Waals surface area contributed by atoms with E-state index in [9.17, 15) is 14.4 Å². The maximum atomic E-state index is 12.5. The molecule has 1 aromatic carbocycles. The van der Waals surface area contributed by atoms with Crippen LogP contribution in [0.2, 0.25) is 0 Å². The van der Waals surface area contributed by atoms with E-state index in [1.54, 1.807) is 25.3 Å². The second-order valence-electron chi connectivity index (χ2n) is 6.38. The highest BCUT2D eigenvalue weighted by Crippen LogP contribution is 2.32. The van der Waals surface area contributed by atoms with E-state index in [0.717, 1.165) is 48.8 Å². The third kappa shape index (κ3) is 4.27. The molecule has 138 valence electrons. The molecule has 0 aromatic heterocycles. The van der Waals surface area contributed by atoms with Crippen LogP contribution in [0.25, 0.3) is 6.08 Å². The van der Waals surface area contributed by atoms with Crippen LogP contribution in [0.1, 0.15) is 31.2 Å². The van der Waals surface area contributed by atoms with Gasteiger partial charge < -0.3 is 10.1 Å². The second-order valence-corrected chi connectivity index (χ2v) is 7.37. The van der Waals surface area contributed by atoms with Crippen molar-refractivity contribution < 1.29 is 19.1 Å². The first-order chi connectivity index (χ1) is 12.6. The monoisotopic (exact) mass is 374 g/mol. The lowest BCUT2D eigenvalue weighted by molar-refractivity contribution is -0.126. The Labute approximate surface area is 157 Å². The van der Waals surface area contributed by atoms with Crippen molar-refractivity contribution in [1.29, 1.82) is 0 Å². The summed E-state index contributed by atoms with van der Waals surface area (Å²) >= 11 is 0.925. The number of hydrogen-bond donors (Lipinski definition) is 1. The van der Waals surface area contributed by atoms with E-state index in [2.05, 4.69) is 5.32 Å². The van der Waals surface area contributed by atoms with Gasteiger partial charge in [0.05, 0.1) is 12.0 Å². The predicted octanol–water partition coefficient (Wildman–Crippen LogP) is 3.04. The van der Waals surface area contributed by atoms with Crippen LogP contribution in [-0.2, 0) is 9.59 Å². The number of nitrogens with zero attached hydrogens (tertiary/aromatic N) is 1. The van der Waals surface area contributed by atoms with E-state index in [1.807, 2.05) is 12.1 Å².